The van der Waals surface area contributed by atoms with E-state index in [4.69, 9.17) is 11.6 Å². The van der Waals surface area contributed by atoms with Crippen molar-refractivity contribution < 1.29 is 9.59 Å². The Balaban J connectivity index is 1.62. The number of halogens is 1. The van der Waals surface area contributed by atoms with Gasteiger partial charge in [-0.3, -0.25) is 19.6 Å². The minimum atomic E-state index is -0.784. The van der Waals surface area contributed by atoms with Gasteiger partial charge >= 0.3 is 0 Å². The molecule has 2 aromatic rings. The number of amides is 2. The molecule has 2 N–H and O–H groups in total. The van der Waals surface area contributed by atoms with Gasteiger partial charge < -0.3 is 10.2 Å². The first-order valence-corrected chi connectivity index (χ1v) is 12.8. The maximum atomic E-state index is 13.5. The number of piperazine rings is 1. The van der Waals surface area contributed by atoms with Crippen molar-refractivity contribution in [3.63, 3.8) is 0 Å². The molecule has 1 spiro atoms. The van der Waals surface area contributed by atoms with E-state index in [0.717, 1.165) is 23.2 Å². The summed E-state index contributed by atoms with van der Waals surface area (Å²) in [5, 5.41) is 10.9. The van der Waals surface area contributed by atoms with Crippen LogP contribution in [0.1, 0.15) is 69.3 Å². The van der Waals surface area contributed by atoms with Crippen molar-refractivity contribution in [2.45, 2.75) is 71.0 Å². The van der Waals surface area contributed by atoms with Crippen molar-refractivity contribution in [3.05, 3.63) is 52.3 Å². The van der Waals surface area contributed by atoms with Crippen LogP contribution in [-0.2, 0) is 9.59 Å². The molecular weight excluding hydrogens is 450 g/mol. The van der Waals surface area contributed by atoms with Crippen LogP contribution < -0.4 is 5.32 Å². The van der Waals surface area contributed by atoms with Crippen LogP contribution in [0.25, 0.3) is 0 Å². The molecule has 2 saturated heterocycles. The lowest BCUT2D eigenvalue weighted by Gasteiger charge is -2.52. The number of likely N-dealkylation sites (tertiary alicyclic amines) is 1. The maximum Gasteiger partial charge on any atom is 0.246 e. The average Bonchev–Trinajstić information content (AvgIpc) is 3.15. The highest BCUT2D eigenvalue weighted by Gasteiger charge is 2.53. The minimum absolute atomic E-state index is 0.000338. The molecule has 3 heterocycles. The number of aromatic nitrogens is 2. The lowest BCUT2D eigenvalue weighted by atomic mass is 9.80. The van der Waals surface area contributed by atoms with Crippen LogP contribution in [0.2, 0.25) is 5.15 Å². The lowest BCUT2D eigenvalue weighted by Crippen LogP contribution is -2.73. The van der Waals surface area contributed by atoms with Gasteiger partial charge in [-0.2, -0.15) is 5.10 Å². The Morgan fingerprint density at radius 2 is 1.85 bits per heavy atom. The normalized spacial score (nSPS) is 21.8. The summed E-state index contributed by atoms with van der Waals surface area (Å²) in [7, 11) is 0. The summed E-state index contributed by atoms with van der Waals surface area (Å²) in [5.74, 6) is 0.403. The van der Waals surface area contributed by atoms with Crippen molar-refractivity contribution in [2.75, 3.05) is 19.6 Å². The molecule has 2 fully saturated rings. The second-order valence-corrected chi connectivity index (χ2v) is 10.4. The summed E-state index contributed by atoms with van der Waals surface area (Å²) in [6.45, 7) is 10.2. The summed E-state index contributed by atoms with van der Waals surface area (Å²) >= 11 is 6.55. The van der Waals surface area contributed by atoms with Gasteiger partial charge in [-0.25, -0.2) is 0 Å². The second kappa shape index (κ2) is 10.1. The number of carbonyl (C=O) groups excluding carboxylic acids is 2. The summed E-state index contributed by atoms with van der Waals surface area (Å²) in [4.78, 5) is 31.2. The number of hydrogen-bond acceptors (Lipinski definition) is 4. The van der Waals surface area contributed by atoms with Gasteiger partial charge in [0.15, 0.2) is 0 Å². The van der Waals surface area contributed by atoms with Gasteiger partial charge in [-0.05, 0) is 44.1 Å². The molecule has 2 amide bonds. The molecule has 8 heteroatoms. The zero-order valence-electron chi connectivity index (χ0n) is 20.6. The summed E-state index contributed by atoms with van der Waals surface area (Å²) in [6, 6.07) is 9.78. The monoisotopic (exact) mass is 485 g/mol. The van der Waals surface area contributed by atoms with Crippen LogP contribution in [0.5, 0.6) is 0 Å². The van der Waals surface area contributed by atoms with E-state index >= 15 is 0 Å². The fourth-order valence-electron chi connectivity index (χ4n) is 5.63. The third kappa shape index (κ3) is 4.48. The van der Waals surface area contributed by atoms with Gasteiger partial charge in [0.05, 0.1) is 11.7 Å². The molecule has 7 nitrogen and oxygen atoms in total. The van der Waals surface area contributed by atoms with E-state index in [9.17, 15) is 9.59 Å². The van der Waals surface area contributed by atoms with E-state index in [-0.39, 0.29) is 17.9 Å². The largest absolute Gasteiger partial charge is 0.342 e. The van der Waals surface area contributed by atoms with Gasteiger partial charge in [-0.15, -0.1) is 0 Å². The smallest absolute Gasteiger partial charge is 0.246 e. The van der Waals surface area contributed by atoms with E-state index in [1.807, 2.05) is 30.0 Å². The second-order valence-electron chi connectivity index (χ2n) is 10.1. The average molecular weight is 486 g/mol. The molecule has 184 valence electrons. The first-order valence-electron chi connectivity index (χ1n) is 12.4. The Kier molecular flexibility index (Phi) is 7.33. The van der Waals surface area contributed by atoms with Gasteiger partial charge in [0.2, 0.25) is 11.8 Å². The quantitative estimate of drug-likeness (QED) is 0.619. The number of piperidine rings is 1. The topological polar surface area (TPSA) is 81.3 Å². The number of nitrogens with zero attached hydrogens (tertiary/aromatic N) is 3. The van der Waals surface area contributed by atoms with Crippen molar-refractivity contribution in [1.82, 2.24) is 25.3 Å². The molecule has 1 aromatic carbocycles. The number of H-pyrrole nitrogens is 1. The van der Waals surface area contributed by atoms with Crippen LogP contribution >= 0.6 is 11.6 Å². The molecule has 2 aliphatic rings. The van der Waals surface area contributed by atoms with E-state index < -0.39 is 11.6 Å². The van der Waals surface area contributed by atoms with Gasteiger partial charge in [0, 0.05) is 25.2 Å². The van der Waals surface area contributed by atoms with Crippen LogP contribution in [0.4, 0.5) is 0 Å². The van der Waals surface area contributed by atoms with Crippen molar-refractivity contribution in [1.29, 1.82) is 0 Å². The molecular formula is C26H36ClN5O2. The number of carbonyl (C=O) groups is 2. The molecule has 4 rings (SSSR count). The first-order chi connectivity index (χ1) is 16.3. The number of rotatable bonds is 7. The summed E-state index contributed by atoms with van der Waals surface area (Å²) < 4.78 is 0. The summed E-state index contributed by atoms with van der Waals surface area (Å²) in [6.07, 6.45) is 2.68. The maximum absolute atomic E-state index is 13.5. The Hall–Kier alpha value is -2.38. The Morgan fingerprint density at radius 3 is 2.41 bits per heavy atom. The van der Waals surface area contributed by atoms with Crippen LogP contribution in [0, 0.1) is 12.8 Å². The lowest BCUT2D eigenvalue weighted by molar-refractivity contribution is -0.162. The number of hydrogen-bond donors (Lipinski definition) is 2. The predicted molar refractivity (Wildman–Crippen MR) is 134 cm³/mol. The fourth-order valence-corrected chi connectivity index (χ4v) is 5.91. The molecule has 2 atom stereocenters. The molecule has 2 unspecified atom stereocenters. The Morgan fingerprint density at radius 1 is 1.18 bits per heavy atom. The standard InChI is InChI=1S/C26H36ClN5O2/c1-5-13-32-24(33)20(16-17(2)3)28-25(34)26(32)11-14-31(15-12-26)22(19-9-7-6-8-10-19)21-18(4)29-30-23(21)27/h6-10,17,20,22H,5,11-16H2,1-4H3,(H,28,34)(H,29,30). The fraction of sp³-hybridized carbons (Fsp3) is 0.577. The number of aromatic amines is 1. The van der Waals surface area contributed by atoms with Crippen molar-refractivity contribution in [2.24, 2.45) is 5.92 Å². The molecule has 34 heavy (non-hydrogen) atoms. The van der Waals surface area contributed by atoms with Crippen molar-refractivity contribution >= 4 is 23.4 Å². The Bertz CT molecular complexity index is 994. The van der Waals surface area contributed by atoms with E-state index in [1.54, 1.807) is 0 Å². The van der Waals surface area contributed by atoms with E-state index in [2.05, 4.69) is 53.3 Å². The molecule has 0 radical (unpaired) electrons. The Labute approximate surface area is 207 Å². The predicted octanol–water partition coefficient (Wildman–Crippen LogP) is 4.08. The zero-order valence-corrected chi connectivity index (χ0v) is 21.4. The van der Waals surface area contributed by atoms with Crippen LogP contribution in [0.15, 0.2) is 30.3 Å². The highest BCUT2D eigenvalue weighted by Crippen LogP contribution is 2.40. The first kappa shape index (κ1) is 24.7. The molecule has 0 bridgehead atoms. The van der Waals surface area contributed by atoms with Crippen LogP contribution in [0.3, 0.4) is 0 Å². The van der Waals surface area contributed by atoms with Crippen LogP contribution in [-0.4, -0.2) is 63.0 Å². The minimum Gasteiger partial charge on any atom is -0.342 e. The SMILES string of the molecule is CCCN1C(=O)C(CC(C)C)NC(=O)C12CCN(C(c1ccccc1)c1c(C)n[nH]c1Cl)CC2. The van der Waals surface area contributed by atoms with Gasteiger partial charge in [0.1, 0.15) is 16.7 Å². The molecule has 0 aliphatic carbocycles. The summed E-state index contributed by atoms with van der Waals surface area (Å²) in [5.41, 5.74) is 2.19. The third-order valence-corrected chi connectivity index (χ3v) is 7.58. The molecule has 2 aliphatic heterocycles. The van der Waals surface area contributed by atoms with E-state index in [1.165, 1.54) is 0 Å². The highest BCUT2D eigenvalue weighted by atomic mass is 35.5. The molecule has 1 aromatic heterocycles. The molecule has 0 saturated carbocycles. The third-order valence-electron chi connectivity index (χ3n) is 7.29. The van der Waals surface area contributed by atoms with E-state index in [0.29, 0.717) is 50.0 Å². The number of nitrogens with one attached hydrogen (secondary N) is 2. The number of benzene rings is 1. The van der Waals surface area contributed by atoms with Gasteiger partial charge in [-0.1, -0.05) is 62.7 Å². The number of aryl methyl sites for hydroxylation is 1. The zero-order chi connectivity index (χ0) is 24.5. The van der Waals surface area contributed by atoms with Crippen molar-refractivity contribution in [3.8, 4) is 0 Å². The van der Waals surface area contributed by atoms with Gasteiger partial charge in [0.25, 0.3) is 0 Å². The highest BCUT2D eigenvalue weighted by molar-refractivity contribution is 6.30.